The molecule has 1 saturated carbocycles. The van der Waals surface area contributed by atoms with E-state index >= 15 is 0 Å². The molecular formula is C13H20O3. The van der Waals surface area contributed by atoms with Crippen molar-refractivity contribution in [3.05, 3.63) is 0 Å². The van der Waals surface area contributed by atoms with Crippen molar-refractivity contribution >= 4 is 5.97 Å². The number of hydrogen-bond donors (Lipinski definition) is 1. The Bertz CT molecular complexity index is 327. The highest BCUT2D eigenvalue weighted by molar-refractivity contribution is 5.66. The summed E-state index contributed by atoms with van der Waals surface area (Å²) in [6.07, 6.45) is 6.51. The SMILES string of the molecule is C#CC1(O)C(C)C[C@@H](OC(C)=O)CC1(C)C. The van der Waals surface area contributed by atoms with Crippen molar-refractivity contribution in [1.82, 2.24) is 0 Å². The molecule has 0 amide bonds. The van der Waals surface area contributed by atoms with Gasteiger partial charge in [-0.1, -0.05) is 26.7 Å². The van der Waals surface area contributed by atoms with Crippen molar-refractivity contribution in [1.29, 1.82) is 0 Å². The van der Waals surface area contributed by atoms with E-state index in [9.17, 15) is 9.90 Å². The molecule has 3 atom stereocenters. The highest BCUT2D eigenvalue weighted by Gasteiger charge is 2.52. The predicted molar refractivity (Wildman–Crippen MR) is 61.5 cm³/mol. The summed E-state index contributed by atoms with van der Waals surface area (Å²) in [5, 5.41) is 10.5. The highest BCUT2D eigenvalue weighted by atomic mass is 16.5. The van der Waals surface area contributed by atoms with Crippen molar-refractivity contribution in [3.63, 3.8) is 0 Å². The molecule has 2 unspecified atom stereocenters. The van der Waals surface area contributed by atoms with E-state index in [4.69, 9.17) is 11.2 Å². The van der Waals surface area contributed by atoms with Crippen LogP contribution in [-0.4, -0.2) is 22.8 Å². The third-order valence-corrected chi connectivity index (χ3v) is 3.65. The Hall–Kier alpha value is -1.01. The molecule has 3 heteroatoms. The summed E-state index contributed by atoms with van der Waals surface area (Å²) in [6, 6.07) is 0. The first-order valence-electron chi connectivity index (χ1n) is 5.60. The van der Waals surface area contributed by atoms with Crippen LogP contribution in [0.5, 0.6) is 0 Å². The van der Waals surface area contributed by atoms with Gasteiger partial charge >= 0.3 is 5.97 Å². The standard InChI is InChI=1S/C13H20O3/c1-6-13(15)9(2)7-11(16-10(3)14)8-12(13,4)5/h1,9,11,15H,7-8H2,2-5H3/t9?,11-,13?/m1/s1. The van der Waals surface area contributed by atoms with Gasteiger partial charge in [0.15, 0.2) is 0 Å². The lowest BCUT2D eigenvalue weighted by molar-refractivity contribution is -0.164. The summed E-state index contributed by atoms with van der Waals surface area (Å²) in [5.74, 6) is 2.15. The average Bonchev–Trinajstić information content (AvgIpc) is 2.12. The molecule has 0 aromatic rings. The summed E-state index contributed by atoms with van der Waals surface area (Å²) in [4.78, 5) is 10.9. The number of carbonyl (C=O) groups is 1. The first-order chi connectivity index (χ1) is 7.23. The Labute approximate surface area is 97.2 Å². The highest BCUT2D eigenvalue weighted by Crippen LogP contribution is 2.47. The lowest BCUT2D eigenvalue weighted by Crippen LogP contribution is -2.55. The Morgan fingerprint density at radius 2 is 2.12 bits per heavy atom. The molecule has 0 bridgehead atoms. The van der Waals surface area contributed by atoms with Crippen LogP contribution >= 0.6 is 0 Å². The molecule has 1 N–H and O–H groups in total. The lowest BCUT2D eigenvalue weighted by atomic mass is 9.60. The maximum absolute atomic E-state index is 10.9. The van der Waals surface area contributed by atoms with Crippen LogP contribution in [0.4, 0.5) is 0 Å². The van der Waals surface area contributed by atoms with Crippen molar-refractivity contribution < 1.29 is 14.6 Å². The van der Waals surface area contributed by atoms with E-state index in [1.165, 1.54) is 6.92 Å². The van der Waals surface area contributed by atoms with Crippen LogP contribution in [0.1, 0.15) is 40.5 Å². The molecule has 0 aliphatic heterocycles. The second-order valence-electron chi connectivity index (χ2n) is 5.37. The number of carbonyl (C=O) groups excluding carboxylic acids is 1. The molecule has 0 spiro atoms. The molecule has 0 radical (unpaired) electrons. The summed E-state index contributed by atoms with van der Waals surface area (Å²) in [5.41, 5.74) is -1.57. The van der Waals surface area contributed by atoms with Crippen LogP contribution in [0.3, 0.4) is 0 Å². The van der Waals surface area contributed by atoms with E-state index in [0.29, 0.717) is 12.8 Å². The zero-order valence-corrected chi connectivity index (χ0v) is 10.4. The molecule has 1 rings (SSSR count). The molecule has 1 fully saturated rings. The van der Waals surface area contributed by atoms with Crippen LogP contribution in [-0.2, 0) is 9.53 Å². The van der Waals surface area contributed by atoms with Gasteiger partial charge in [-0.3, -0.25) is 4.79 Å². The van der Waals surface area contributed by atoms with Crippen LogP contribution in [0, 0.1) is 23.7 Å². The molecule has 0 saturated heterocycles. The molecule has 16 heavy (non-hydrogen) atoms. The third-order valence-electron chi connectivity index (χ3n) is 3.65. The van der Waals surface area contributed by atoms with E-state index in [-0.39, 0.29) is 18.0 Å². The third kappa shape index (κ3) is 2.08. The van der Waals surface area contributed by atoms with Gasteiger partial charge < -0.3 is 9.84 Å². The van der Waals surface area contributed by atoms with Gasteiger partial charge in [0.2, 0.25) is 0 Å². The molecule has 0 aromatic carbocycles. The molecule has 0 aromatic heterocycles. The minimum absolute atomic E-state index is 0.0781. The fraction of sp³-hybridized carbons (Fsp3) is 0.769. The fourth-order valence-electron chi connectivity index (χ4n) is 2.70. The molecular weight excluding hydrogens is 204 g/mol. The number of esters is 1. The van der Waals surface area contributed by atoms with Gasteiger partial charge in [0, 0.05) is 18.3 Å². The topological polar surface area (TPSA) is 46.5 Å². The Morgan fingerprint density at radius 3 is 2.50 bits per heavy atom. The van der Waals surface area contributed by atoms with Crippen molar-refractivity contribution in [2.75, 3.05) is 0 Å². The number of aliphatic hydroxyl groups is 1. The summed E-state index contributed by atoms with van der Waals surface area (Å²) < 4.78 is 5.22. The van der Waals surface area contributed by atoms with Gasteiger partial charge in [-0.2, -0.15) is 0 Å². The summed E-state index contributed by atoms with van der Waals surface area (Å²) >= 11 is 0. The van der Waals surface area contributed by atoms with E-state index in [1.54, 1.807) is 0 Å². The van der Waals surface area contributed by atoms with Gasteiger partial charge in [-0.15, -0.1) is 6.42 Å². The lowest BCUT2D eigenvalue weighted by Gasteiger charge is -2.49. The first kappa shape index (κ1) is 13.1. The van der Waals surface area contributed by atoms with E-state index in [1.807, 2.05) is 20.8 Å². The van der Waals surface area contributed by atoms with Gasteiger partial charge in [0.25, 0.3) is 0 Å². The Balaban J connectivity index is 2.89. The van der Waals surface area contributed by atoms with Crippen LogP contribution in [0.2, 0.25) is 0 Å². The largest absolute Gasteiger partial charge is 0.463 e. The Morgan fingerprint density at radius 1 is 1.56 bits per heavy atom. The normalized spacial score (nSPS) is 37.5. The summed E-state index contributed by atoms with van der Waals surface area (Å²) in [7, 11) is 0. The zero-order valence-electron chi connectivity index (χ0n) is 10.4. The van der Waals surface area contributed by atoms with E-state index in [2.05, 4.69) is 5.92 Å². The molecule has 3 nitrogen and oxygen atoms in total. The minimum Gasteiger partial charge on any atom is -0.463 e. The minimum atomic E-state index is -1.12. The van der Waals surface area contributed by atoms with Gasteiger partial charge in [-0.05, 0) is 12.8 Å². The monoisotopic (exact) mass is 224 g/mol. The first-order valence-corrected chi connectivity index (χ1v) is 5.60. The maximum Gasteiger partial charge on any atom is 0.302 e. The van der Waals surface area contributed by atoms with Crippen LogP contribution in [0.25, 0.3) is 0 Å². The average molecular weight is 224 g/mol. The van der Waals surface area contributed by atoms with Crippen molar-refractivity contribution in [3.8, 4) is 12.3 Å². The van der Waals surface area contributed by atoms with Crippen LogP contribution < -0.4 is 0 Å². The second kappa shape index (κ2) is 4.10. The number of ether oxygens (including phenoxy) is 1. The fourth-order valence-corrected chi connectivity index (χ4v) is 2.70. The number of hydrogen-bond acceptors (Lipinski definition) is 3. The van der Waals surface area contributed by atoms with Crippen molar-refractivity contribution in [2.24, 2.45) is 11.3 Å². The zero-order chi connectivity index (χ0) is 12.6. The van der Waals surface area contributed by atoms with Gasteiger partial charge in [-0.25, -0.2) is 0 Å². The predicted octanol–water partition coefficient (Wildman–Crippen LogP) is 1.74. The van der Waals surface area contributed by atoms with E-state index < -0.39 is 11.0 Å². The van der Waals surface area contributed by atoms with Gasteiger partial charge in [0.1, 0.15) is 11.7 Å². The van der Waals surface area contributed by atoms with Crippen molar-refractivity contribution in [2.45, 2.75) is 52.2 Å². The Kier molecular flexibility index (Phi) is 3.35. The quantitative estimate of drug-likeness (QED) is 0.545. The smallest absolute Gasteiger partial charge is 0.302 e. The maximum atomic E-state index is 10.9. The summed E-state index contributed by atoms with van der Waals surface area (Å²) in [6.45, 7) is 7.13. The van der Waals surface area contributed by atoms with Crippen LogP contribution in [0.15, 0.2) is 0 Å². The molecule has 1 aliphatic carbocycles. The molecule has 0 heterocycles. The molecule has 1 aliphatic rings. The van der Waals surface area contributed by atoms with E-state index in [0.717, 1.165) is 0 Å². The molecule has 90 valence electrons. The number of terminal acetylenes is 1. The van der Waals surface area contributed by atoms with Gasteiger partial charge in [0.05, 0.1) is 0 Å². The number of rotatable bonds is 1. The second-order valence-corrected chi connectivity index (χ2v) is 5.37.